The lowest BCUT2D eigenvalue weighted by molar-refractivity contribution is 0.112. The van der Waals surface area contributed by atoms with Crippen LogP contribution in [0.5, 0.6) is 0 Å². The predicted molar refractivity (Wildman–Crippen MR) is 58.3 cm³/mol. The Balaban J connectivity index is 2.79. The van der Waals surface area contributed by atoms with Crippen LogP contribution in [0.15, 0.2) is 23.0 Å². The highest BCUT2D eigenvalue weighted by molar-refractivity contribution is 5.84. The highest BCUT2D eigenvalue weighted by Crippen LogP contribution is 2.15. The zero-order valence-corrected chi connectivity index (χ0v) is 8.65. The van der Waals surface area contributed by atoms with Crippen LogP contribution in [-0.2, 0) is 0 Å². The van der Waals surface area contributed by atoms with Crippen LogP contribution in [0.1, 0.15) is 30.2 Å². The number of benzene rings is 1. The van der Waals surface area contributed by atoms with E-state index in [2.05, 4.69) is 4.98 Å². The van der Waals surface area contributed by atoms with Crippen molar-refractivity contribution in [3.8, 4) is 0 Å². The van der Waals surface area contributed by atoms with Crippen molar-refractivity contribution in [3.63, 3.8) is 0 Å². The molecule has 0 fully saturated rings. The van der Waals surface area contributed by atoms with Crippen LogP contribution in [0.3, 0.4) is 0 Å². The van der Waals surface area contributed by atoms with Gasteiger partial charge in [-0.3, -0.25) is 9.36 Å². The summed E-state index contributed by atoms with van der Waals surface area (Å²) in [6, 6.07) is 5.29. The van der Waals surface area contributed by atoms with E-state index in [0.717, 1.165) is 11.8 Å². The number of nitrogens with one attached hydrogen (secondary N) is 1. The number of carbonyl (C=O) groups excluding carboxylic acids is 1. The number of imidazole rings is 1. The van der Waals surface area contributed by atoms with Gasteiger partial charge in [-0.2, -0.15) is 0 Å². The third-order valence-corrected chi connectivity index (χ3v) is 2.39. The van der Waals surface area contributed by atoms with E-state index >= 15 is 0 Å². The molecule has 1 heterocycles. The average molecular weight is 204 g/mol. The summed E-state index contributed by atoms with van der Waals surface area (Å²) < 4.78 is 1.67. The summed E-state index contributed by atoms with van der Waals surface area (Å²) in [5.74, 6) is 0. The zero-order chi connectivity index (χ0) is 11.0. The van der Waals surface area contributed by atoms with Crippen LogP contribution >= 0.6 is 0 Å². The molecule has 0 amide bonds. The molecule has 0 bridgehead atoms. The molecule has 0 spiro atoms. The van der Waals surface area contributed by atoms with Gasteiger partial charge in [-0.15, -0.1) is 0 Å². The van der Waals surface area contributed by atoms with E-state index in [-0.39, 0.29) is 11.7 Å². The highest BCUT2D eigenvalue weighted by atomic mass is 16.1. The Morgan fingerprint density at radius 2 is 2.13 bits per heavy atom. The molecule has 0 aliphatic rings. The minimum absolute atomic E-state index is 0.105. The second-order valence-corrected chi connectivity index (χ2v) is 3.79. The Labute approximate surface area is 86.5 Å². The molecule has 1 aromatic heterocycles. The van der Waals surface area contributed by atoms with E-state index in [1.165, 1.54) is 0 Å². The third-order valence-electron chi connectivity index (χ3n) is 2.39. The van der Waals surface area contributed by atoms with E-state index in [1.54, 1.807) is 22.8 Å². The number of rotatable bonds is 2. The molecule has 2 aromatic rings. The van der Waals surface area contributed by atoms with E-state index in [1.807, 2.05) is 13.8 Å². The first-order valence-electron chi connectivity index (χ1n) is 4.83. The maximum Gasteiger partial charge on any atom is 0.326 e. The van der Waals surface area contributed by atoms with Gasteiger partial charge in [-0.05, 0) is 32.0 Å². The number of carbonyl (C=O) groups is 1. The van der Waals surface area contributed by atoms with Gasteiger partial charge in [0, 0.05) is 11.6 Å². The fourth-order valence-corrected chi connectivity index (χ4v) is 1.73. The van der Waals surface area contributed by atoms with Gasteiger partial charge in [0.1, 0.15) is 6.29 Å². The second-order valence-electron chi connectivity index (χ2n) is 3.79. The summed E-state index contributed by atoms with van der Waals surface area (Å²) >= 11 is 0. The summed E-state index contributed by atoms with van der Waals surface area (Å²) in [6.07, 6.45) is 0.768. The lowest BCUT2D eigenvalue weighted by Crippen LogP contribution is -2.18. The first-order valence-corrected chi connectivity index (χ1v) is 4.83. The lowest BCUT2D eigenvalue weighted by atomic mass is 10.2. The first-order chi connectivity index (χ1) is 7.13. The number of H-pyrrole nitrogens is 1. The van der Waals surface area contributed by atoms with Crippen LogP contribution in [-0.4, -0.2) is 15.8 Å². The van der Waals surface area contributed by atoms with Crippen molar-refractivity contribution < 1.29 is 4.79 Å². The van der Waals surface area contributed by atoms with E-state index in [9.17, 15) is 9.59 Å². The van der Waals surface area contributed by atoms with E-state index in [4.69, 9.17) is 0 Å². The van der Waals surface area contributed by atoms with Crippen LogP contribution in [0.4, 0.5) is 0 Å². The molecular formula is C11H12N2O2. The van der Waals surface area contributed by atoms with Crippen LogP contribution in [0, 0.1) is 0 Å². The third kappa shape index (κ3) is 1.48. The second kappa shape index (κ2) is 3.38. The van der Waals surface area contributed by atoms with Gasteiger partial charge in [0.15, 0.2) is 0 Å². The van der Waals surface area contributed by atoms with Crippen molar-refractivity contribution in [3.05, 3.63) is 34.2 Å². The first kappa shape index (κ1) is 9.71. The maximum absolute atomic E-state index is 11.6. The van der Waals surface area contributed by atoms with Crippen molar-refractivity contribution in [2.24, 2.45) is 0 Å². The fraction of sp³-hybridized carbons (Fsp3) is 0.273. The molecule has 1 N–H and O–H groups in total. The maximum atomic E-state index is 11.6. The van der Waals surface area contributed by atoms with Gasteiger partial charge in [0.25, 0.3) is 0 Å². The van der Waals surface area contributed by atoms with Gasteiger partial charge < -0.3 is 4.98 Å². The lowest BCUT2D eigenvalue weighted by Gasteiger charge is -2.06. The van der Waals surface area contributed by atoms with Crippen molar-refractivity contribution in [2.45, 2.75) is 19.9 Å². The topological polar surface area (TPSA) is 54.9 Å². The minimum atomic E-state index is -0.136. The Kier molecular flexibility index (Phi) is 2.19. The molecule has 15 heavy (non-hydrogen) atoms. The number of hydrogen-bond acceptors (Lipinski definition) is 2. The van der Waals surface area contributed by atoms with Crippen LogP contribution < -0.4 is 5.69 Å². The van der Waals surface area contributed by atoms with E-state index in [0.29, 0.717) is 11.1 Å². The normalized spacial score (nSPS) is 11.1. The fourth-order valence-electron chi connectivity index (χ4n) is 1.73. The molecule has 0 atom stereocenters. The molecule has 4 heteroatoms. The summed E-state index contributed by atoms with van der Waals surface area (Å²) in [5, 5.41) is 0. The number of aromatic nitrogens is 2. The minimum Gasteiger partial charge on any atom is -0.306 e. The summed E-state index contributed by atoms with van der Waals surface area (Å²) in [5.41, 5.74) is 1.97. The molecule has 78 valence electrons. The van der Waals surface area contributed by atoms with Crippen LogP contribution in [0.2, 0.25) is 0 Å². The average Bonchev–Trinajstić information content (AvgIpc) is 2.52. The molecule has 0 unspecified atom stereocenters. The Morgan fingerprint density at radius 1 is 1.40 bits per heavy atom. The summed E-state index contributed by atoms with van der Waals surface area (Å²) in [4.78, 5) is 24.9. The van der Waals surface area contributed by atoms with Gasteiger partial charge in [-0.25, -0.2) is 4.79 Å². The Bertz CT molecular complexity index is 563. The number of hydrogen-bond donors (Lipinski definition) is 1. The Morgan fingerprint density at radius 3 is 2.73 bits per heavy atom. The van der Waals surface area contributed by atoms with Crippen molar-refractivity contribution in [1.82, 2.24) is 9.55 Å². The van der Waals surface area contributed by atoms with E-state index < -0.39 is 0 Å². The molecular weight excluding hydrogens is 192 g/mol. The standard InChI is InChI=1S/C11H12N2O2/c1-7(2)13-10-4-3-8(6-14)5-9(10)12-11(13)15/h3-7H,1-2H3,(H,12,15). The van der Waals surface area contributed by atoms with Gasteiger partial charge >= 0.3 is 5.69 Å². The number of nitrogens with zero attached hydrogens (tertiary/aromatic N) is 1. The molecule has 0 radical (unpaired) electrons. The van der Waals surface area contributed by atoms with Gasteiger partial charge in [0.05, 0.1) is 11.0 Å². The number of aromatic amines is 1. The number of aldehydes is 1. The summed E-state index contributed by atoms with van der Waals surface area (Å²) in [6.45, 7) is 3.89. The predicted octanol–water partition coefficient (Wildman–Crippen LogP) is 1.72. The molecule has 0 aliphatic carbocycles. The van der Waals surface area contributed by atoms with Crippen molar-refractivity contribution in [2.75, 3.05) is 0 Å². The number of fused-ring (bicyclic) bond motifs is 1. The quantitative estimate of drug-likeness (QED) is 0.757. The highest BCUT2D eigenvalue weighted by Gasteiger charge is 2.09. The smallest absolute Gasteiger partial charge is 0.306 e. The zero-order valence-electron chi connectivity index (χ0n) is 8.65. The van der Waals surface area contributed by atoms with Gasteiger partial charge in [0.2, 0.25) is 0 Å². The molecule has 0 aliphatic heterocycles. The molecule has 1 aromatic carbocycles. The van der Waals surface area contributed by atoms with Gasteiger partial charge in [-0.1, -0.05) is 0 Å². The molecule has 0 saturated heterocycles. The summed E-state index contributed by atoms with van der Waals surface area (Å²) in [7, 11) is 0. The molecule has 2 rings (SSSR count). The molecule has 0 saturated carbocycles. The van der Waals surface area contributed by atoms with Crippen molar-refractivity contribution >= 4 is 17.3 Å². The molecule has 4 nitrogen and oxygen atoms in total. The van der Waals surface area contributed by atoms with Crippen molar-refractivity contribution in [1.29, 1.82) is 0 Å². The van der Waals surface area contributed by atoms with Crippen LogP contribution in [0.25, 0.3) is 11.0 Å². The SMILES string of the molecule is CC(C)n1c(=O)[nH]c2cc(C=O)ccc21. The Hall–Kier alpha value is -1.84. The monoisotopic (exact) mass is 204 g/mol. The largest absolute Gasteiger partial charge is 0.326 e.